The quantitative estimate of drug-likeness (QED) is 0.377. The number of sulfonamides is 1. The van der Waals surface area contributed by atoms with Crippen LogP contribution in [0.3, 0.4) is 0 Å². The number of benzene rings is 3. The van der Waals surface area contributed by atoms with Gasteiger partial charge in [-0.05, 0) is 60.4 Å². The molecule has 202 valence electrons. The summed E-state index contributed by atoms with van der Waals surface area (Å²) in [6.07, 6.45) is 1.28. The molecule has 3 rings (SSSR count). The number of rotatable bonds is 10. The minimum absolute atomic E-state index is 0.0236. The van der Waals surface area contributed by atoms with Gasteiger partial charge in [0.2, 0.25) is 21.8 Å². The maximum atomic E-state index is 13.9. The number of carbonyl (C=O) groups excluding carboxylic acids is 2. The molecule has 0 fully saturated rings. The van der Waals surface area contributed by atoms with E-state index >= 15 is 0 Å². The summed E-state index contributed by atoms with van der Waals surface area (Å²) in [5.41, 5.74) is 3.51. The summed E-state index contributed by atoms with van der Waals surface area (Å²) in [5, 5.41) is 3.41. The number of aryl methyl sites for hydroxylation is 2. The van der Waals surface area contributed by atoms with Crippen LogP contribution >= 0.6 is 23.2 Å². The van der Waals surface area contributed by atoms with E-state index in [9.17, 15) is 18.0 Å². The topological polar surface area (TPSA) is 86.8 Å². The van der Waals surface area contributed by atoms with Crippen molar-refractivity contribution in [2.45, 2.75) is 32.9 Å². The molecule has 10 heteroatoms. The molecule has 38 heavy (non-hydrogen) atoms. The molecule has 7 nitrogen and oxygen atoms in total. The number of carbonyl (C=O) groups is 2. The van der Waals surface area contributed by atoms with E-state index in [-0.39, 0.29) is 18.9 Å². The van der Waals surface area contributed by atoms with Crippen molar-refractivity contribution in [1.29, 1.82) is 0 Å². The first-order valence-electron chi connectivity index (χ1n) is 11.9. The average Bonchev–Trinajstić information content (AvgIpc) is 2.84. The van der Waals surface area contributed by atoms with Crippen LogP contribution in [0, 0.1) is 13.8 Å². The fraction of sp³-hybridized carbons (Fsp3) is 0.286. The summed E-state index contributed by atoms with van der Waals surface area (Å²) in [6, 6.07) is 18.6. The second-order valence-electron chi connectivity index (χ2n) is 9.19. The normalized spacial score (nSPS) is 12.1. The van der Waals surface area contributed by atoms with Crippen molar-refractivity contribution >= 4 is 50.7 Å². The molecule has 0 saturated carbocycles. The van der Waals surface area contributed by atoms with Crippen LogP contribution < -0.4 is 9.62 Å². The number of anilines is 1. The van der Waals surface area contributed by atoms with E-state index in [0.717, 1.165) is 27.3 Å². The number of halogens is 2. The molecular formula is C28H31Cl2N3O4S. The van der Waals surface area contributed by atoms with Crippen molar-refractivity contribution in [3.63, 3.8) is 0 Å². The lowest BCUT2D eigenvalue weighted by Gasteiger charge is -2.33. The predicted octanol–water partition coefficient (Wildman–Crippen LogP) is 4.76. The van der Waals surface area contributed by atoms with Gasteiger partial charge in [-0.1, -0.05) is 65.7 Å². The van der Waals surface area contributed by atoms with Crippen molar-refractivity contribution in [3.8, 4) is 0 Å². The fourth-order valence-electron chi connectivity index (χ4n) is 4.26. The smallest absolute Gasteiger partial charge is 0.244 e. The van der Waals surface area contributed by atoms with Crippen LogP contribution in [0.2, 0.25) is 10.0 Å². The van der Waals surface area contributed by atoms with Crippen LogP contribution in [0.1, 0.15) is 22.3 Å². The van der Waals surface area contributed by atoms with Gasteiger partial charge in [0.05, 0.1) is 11.9 Å². The van der Waals surface area contributed by atoms with Gasteiger partial charge in [0.1, 0.15) is 12.6 Å². The number of amides is 2. The van der Waals surface area contributed by atoms with E-state index in [4.69, 9.17) is 23.2 Å². The molecule has 0 heterocycles. The fourth-order valence-corrected chi connectivity index (χ4v) is 5.56. The summed E-state index contributed by atoms with van der Waals surface area (Å²) in [5.74, 6) is -0.935. The minimum atomic E-state index is -3.84. The minimum Gasteiger partial charge on any atom is -0.357 e. The predicted molar refractivity (Wildman–Crippen MR) is 153 cm³/mol. The first-order valence-corrected chi connectivity index (χ1v) is 14.5. The van der Waals surface area contributed by atoms with Crippen molar-refractivity contribution in [1.82, 2.24) is 10.2 Å². The Balaban J connectivity index is 2.07. The van der Waals surface area contributed by atoms with Gasteiger partial charge in [0.25, 0.3) is 0 Å². The number of likely N-dealkylation sites (N-methyl/N-ethyl adjacent to an activating group) is 1. The van der Waals surface area contributed by atoms with Crippen LogP contribution in [0.5, 0.6) is 0 Å². The lowest BCUT2D eigenvalue weighted by molar-refractivity contribution is -0.139. The average molecular weight is 577 g/mol. The van der Waals surface area contributed by atoms with Crippen molar-refractivity contribution < 1.29 is 18.0 Å². The summed E-state index contributed by atoms with van der Waals surface area (Å²) >= 11 is 12.5. The molecule has 1 N–H and O–H groups in total. The van der Waals surface area contributed by atoms with E-state index in [2.05, 4.69) is 5.32 Å². The summed E-state index contributed by atoms with van der Waals surface area (Å²) < 4.78 is 26.8. The molecule has 0 spiro atoms. The lowest BCUT2D eigenvalue weighted by atomic mass is 10.0. The van der Waals surface area contributed by atoms with Crippen molar-refractivity contribution in [3.05, 3.63) is 99.0 Å². The van der Waals surface area contributed by atoms with Crippen LogP contribution in [-0.4, -0.2) is 51.0 Å². The van der Waals surface area contributed by atoms with E-state index in [0.29, 0.717) is 21.3 Å². The highest BCUT2D eigenvalue weighted by molar-refractivity contribution is 7.92. The lowest BCUT2D eigenvalue weighted by Crippen LogP contribution is -2.53. The van der Waals surface area contributed by atoms with Gasteiger partial charge in [-0.25, -0.2) is 8.42 Å². The number of nitrogens with zero attached hydrogens (tertiary/aromatic N) is 2. The zero-order valence-corrected chi connectivity index (χ0v) is 24.1. The van der Waals surface area contributed by atoms with Gasteiger partial charge in [-0.2, -0.15) is 0 Å². The third kappa shape index (κ3) is 7.72. The number of hydrogen-bond donors (Lipinski definition) is 1. The zero-order chi connectivity index (χ0) is 28.0. The standard InChI is InChI=1S/C28H31Cl2N3O4S/c1-19-12-20(2)14-24(13-19)33(38(4,36)37)18-27(34)32(17-22-10-11-23(29)16-25(22)30)26(28(35)31-3)15-21-8-6-5-7-9-21/h5-14,16,26H,15,17-18H2,1-4H3,(H,31,35). The Morgan fingerprint density at radius 3 is 2.13 bits per heavy atom. The highest BCUT2D eigenvalue weighted by Gasteiger charge is 2.33. The highest BCUT2D eigenvalue weighted by atomic mass is 35.5. The molecule has 0 aliphatic rings. The summed E-state index contributed by atoms with van der Waals surface area (Å²) in [4.78, 5) is 28.5. The first kappa shape index (κ1) is 29.5. The maximum absolute atomic E-state index is 13.9. The van der Waals surface area contributed by atoms with Gasteiger partial charge in [-0.3, -0.25) is 13.9 Å². The Hall–Kier alpha value is -3.07. The molecule has 2 amide bonds. The van der Waals surface area contributed by atoms with E-state index in [1.54, 1.807) is 30.3 Å². The molecule has 0 aliphatic heterocycles. The van der Waals surface area contributed by atoms with Gasteiger partial charge in [-0.15, -0.1) is 0 Å². The monoisotopic (exact) mass is 575 g/mol. The molecule has 0 aliphatic carbocycles. The van der Waals surface area contributed by atoms with E-state index in [1.165, 1.54) is 11.9 Å². The van der Waals surface area contributed by atoms with Gasteiger partial charge >= 0.3 is 0 Å². The third-order valence-electron chi connectivity index (χ3n) is 6.05. The van der Waals surface area contributed by atoms with Crippen LogP contribution in [0.15, 0.2) is 66.7 Å². The largest absolute Gasteiger partial charge is 0.357 e. The molecule has 0 bridgehead atoms. The Kier molecular flexibility index (Phi) is 9.82. The van der Waals surface area contributed by atoms with Crippen LogP contribution in [0.4, 0.5) is 5.69 Å². The second kappa shape index (κ2) is 12.7. The molecular weight excluding hydrogens is 545 g/mol. The molecule has 0 aromatic heterocycles. The SMILES string of the molecule is CNC(=O)C(Cc1ccccc1)N(Cc1ccc(Cl)cc1Cl)C(=O)CN(c1cc(C)cc(C)c1)S(C)(=O)=O. The Morgan fingerprint density at radius 2 is 1.58 bits per heavy atom. The van der Waals surface area contributed by atoms with E-state index < -0.39 is 28.5 Å². The van der Waals surface area contributed by atoms with Crippen LogP contribution in [-0.2, 0) is 32.6 Å². The van der Waals surface area contributed by atoms with Gasteiger partial charge in [0.15, 0.2) is 0 Å². The maximum Gasteiger partial charge on any atom is 0.244 e. The number of nitrogens with one attached hydrogen (secondary N) is 1. The Morgan fingerprint density at radius 1 is 0.947 bits per heavy atom. The Bertz CT molecular complexity index is 1390. The van der Waals surface area contributed by atoms with Gasteiger partial charge in [0, 0.05) is 30.1 Å². The van der Waals surface area contributed by atoms with E-state index in [1.807, 2.05) is 50.2 Å². The molecule has 3 aromatic carbocycles. The zero-order valence-electron chi connectivity index (χ0n) is 21.7. The van der Waals surface area contributed by atoms with Gasteiger partial charge < -0.3 is 10.2 Å². The molecule has 3 aromatic rings. The number of hydrogen-bond acceptors (Lipinski definition) is 4. The second-order valence-corrected chi connectivity index (χ2v) is 11.9. The first-order chi connectivity index (χ1) is 17.9. The molecule has 1 atom stereocenters. The highest BCUT2D eigenvalue weighted by Crippen LogP contribution is 2.26. The molecule has 0 saturated heterocycles. The molecule has 1 unspecified atom stereocenters. The van der Waals surface area contributed by atoms with Crippen molar-refractivity contribution in [2.24, 2.45) is 0 Å². The third-order valence-corrected chi connectivity index (χ3v) is 7.77. The molecule has 0 radical (unpaired) electrons. The van der Waals surface area contributed by atoms with Crippen LogP contribution in [0.25, 0.3) is 0 Å². The Labute approximate surface area is 234 Å². The summed E-state index contributed by atoms with van der Waals surface area (Å²) in [6.45, 7) is 3.20. The summed E-state index contributed by atoms with van der Waals surface area (Å²) in [7, 11) is -2.34. The van der Waals surface area contributed by atoms with Crippen molar-refractivity contribution in [2.75, 3.05) is 24.2 Å².